The van der Waals surface area contributed by atoms with Crippen LogP contribution >= 0.6 is 11.3 Å². The zero-order valence-electron chi connectivity index (χ0n) is 12.9. The van der Waals surface area contributed by atoms with Crippen molar-refractivity contribution in [3.05, 3.63) is 52.2 Å². The number of likely N-dealkylation sites (N-methyl/N-ethyl adjacent to an activating group) is 1. The molecule has 0 radical (unpaired) electrons. The second-order valence-corrected chi connectivity index (χ2v) is 7.21. The van der Waals surface area contributed by atoms with E-state index in [2.05, 4.69) is 66.0 Å². The van der Waals surface area contributed by atoms with Gasteiger partial charge in [0.1, 0.15) is 0 Å². The summed E-state index contributed by atoms with van der Waals surface area (Å²) in [6, 6.07) is 13.7. The van der Waals surface area contributed by atoms with Gasteiger partial charge in [-0.05, 0) is 55.8 Å². The molecule has 3 heteroatoms. The molecule has 2 nitrogen and oxygen atoms in total. The van der Waals surface area contributed by atoms with E-state index in [1.807, 2.05) is 11.3 Å². The first kappa shape index (κ1) is 14.6. The van der Waals surface area contributed by atoms with Crippen LogP contribution in [0.1, 0.15) is 17.4 Å². The van der Waals surface area contributed by atoms with Crippen molar-refractivity contribution in [3.8, 4) is 0 Å². The van der Waals surface area contributed by atoms with E-state index in [-0.39, 0.29) is 0 Å². The summed E-state index contributed by atoms with van der Waals surface area (Å²) in [5.41, 5.74) is 2.79. The van der Waals surface area contributed by atoms with Crippen molar-refractivity contribution in [2.75, 3.05) is 25.5 Å². The molecule has 1 N–H and O–H groups in total. The molecular formula is C18H24N2S. The van der Waals surface area contributed by atoms with Crippen molar-refractivity contribution in [2.45, 2.75) is 25.8 Å². The first-order valence-electron chi connectivity index (χ1n) is 7.77. The molecule has 1 aromatic carbocycles. The Morgan fingerprint density at radius 2 is 2.14 bits per heavy atom. The molecule has 2 aromatic rings. The molecule has 0 saturated carbocycles. The molecule has 1 aliphatic rings. The standard InChI is InChI=1S/C18H24N2S/c1-14(10-17-7-5-9-21-17)20(2)13-15-11-16-6-3-4-8-18(16)19-12-15/h3-9,14-15,19H,10-13H2,1-2H3. The summed E-state index contributed by atoms with van der Waals surface area (Å²) < 4.78 is 0. The lowest BCUT2D eigenvalue weighted by Gasteiger charge is -2.32. The second-order valence-electron chi connectivity index (χ2n) is 6.18. The number of benzene rings is 1. The van der Waals surface area contributed by atoms with Gasteiger partial charge in [-0.2, -0.15) is 0 Å². The quantitative estimate of drug-likeness (QED) is 0.901. The van der Waals surface area contributed by atoms with E-state index in [1.54, 1.807) is 0 Å². The Kier molecular flexibility index (Phi) is 4.61. The normalized spacial score (nSPS) is 19.1. The summed E-state index contributed by atoms with van der Waals surface area (Å²) in [6.07, 6.45) is 2.35. The van der Waals surface area contributed by atoms with E-state index in [9.17, 15) is 0 Å². The number of nitrogens with one attached hydrogen (secondary N) is 1. The van der Waals surface area contributed by atoms with Gasteiger partial charge in [0.25, 0.3) is 0 Å². The van der Waals surface area contributed by atoms with E-state index in [0.29, 0.717) is 12.0 Å². The molecular weight excluding hydrogens is 276 g/mol. The van der Waals surface area contributed by atoms with Gasteiger partial charge in [-0.25, -0.2) is 0 Å². The monoisotopic (exact) mass is 300 g/mol. The smallest absolute Gasteiger partial charge is 0.0372 e. The number of anilines is 1. The van der Waals surface area contributed by atoms with Gasteiger partial charge in [0, 0.05) is 29.7 Å². The third-order valence-corrected chi connectivity index (χ3v) is 5.38. The molecule has 1 aliphatic heterocycles. The fourth-order valence-corrected chi connectivity index (χ4v) is 3.93. The summed E-state index contributed by atoms with van der Waals surface area (Å²) in [5.74, 6) is 0.704. The third kappa shape index (κ3) is 3.66. The van der Waals surface area contributed by atoms with Crippen molar-refractivity contribution in [1.82, 2.24) is 4.90 Å². The zero-order valence-corrected chi connectivity index (χ0v) is 13.7. The molecule has 2 heterocycles. The highest BCUT2D eigenvalue weighted by Gasteiger charge is 2.21. The van der Waals surface area contributed by atoms with Crippen LogP contribution in [0.3, 0.4) is 0 Å². The SMILES string of the molecule is CC(Cc1cccs1)N(C)CC1CNc2ccccc2C1. The highest BCUT2D eigenvalue weighted by molar-refractivity contribution is 7.09. The summed E-state index contributed by atoms with van der Waals surface area (Å²) in [5, 5.41) is 5.75. The minimum absolute atomic E-state index is 0.598. The molecule has 21 heavy (non-hydrogen) atoms. The van der Waals surface area contributed by atoms with Gasteiger partial charge >= 0.3 is 0 Å². The molecule has 0 amide bonds. The number of nitrogens with zero attached hydrogens (tertiary/aromatic N) is 1. The zero-order chi connectivity index (χ0) is 14.7. The minimum atomic E-state index is 0.598. The van der Waals surface area contributed by atoms with Crippen molar-refractivity contribution >= 4 is 17.0 Å². The largest absolute Gasteiger partial charge is 0.384 e. The maximum Gasteiger partial charge on any atom is 0.0372 e. The number of hydrogen-bond donors (Lipinski definition) is 1. The highest BCUT2D eigenvalue weighted by Crippen LogP contribution is 2.25. The maximum absolute atomic E-state index is 3.58. The number of fused-ring (bicyclic) bond motifs is 1. The lowest BCUT2D eigenvalue weighted by atomic mass is 9.93. The van der Waals surface area contributed by atoms with Gasteiger partial charge in [-0.3, -0.25) is 0 Å². The van der Waals surface area contributed by atoms with Gasteiger partial charge in [-0.15, -0.1) is 11.3 Å². The van der Waals surface area contributed by atoms with Crippen LogP contribution in [0, 0.1) is 5.92 Å². The predicted molar refractivity (Wildman–Crippen MR) is 92.2 cm³/mol. The van der Waals surface area contributed by atoms with E-state index in [4.69, 9.17) is 0 Å². The third-order valence-electron chi connectivity index (χ3n) is 4.48. The highest BCUT2D eigenvalue weighted by atomic mass is 32.1. The lowest BCUT2D eigenvalue weighted by molar-refractivity contribution is 0.219. The minimum Gasteiger partial charge on any atom is -0.384 e. The number of rotatable bonds is 5. The Labute approximate surface area is 131 Å². The van der Waals surface area contributed by atoms with Crippen LogP contribution in [0.15, 0.2) is 41.8 Å². The van der Waals surface area contributed by atoms with Crippen LogP contribution < -0.4 is 5.32 Å². The van der Waals surface area contributed by atoms with Crippen LogP contribution in [0.2, 0.25) is 0 Å². The molecule has 2 atom stereocenters. The number of thiophene rings is 1. The van der Waals surface area contributed by atoms with Gasteiger partial charge < -0.3 is 10.2 Å². The Bertz CT molecular complexity index is 564. The fourth-order valence-electron chi connectivity index (χ4n) is 3.10. The number of para-hydroxylation sites is 1. The van der Waals surface area contributed by atoms with Crippen molar-refractivity contribution in [2.24, 2.45) is 5.92 Å². The predicted octanol–water partition coefficient (Wildman–Crippen LogP) is 3.90. The molecule has 0 bridgehead atoms. The average molecular weight is 300 g/mol. The van der Waals surface area contributed by atoms with E-state index >= 15 is 0 Å². The topological polar surface area (TPSA) is 15.3 Å². The Morgan fingerprint density at radius 1 is 1.29 bits per heavy atom. The molecule has 0 saturated heterocycles. The van der Waals surface area contributed by atoms with Gasteiger partial charge in [-0.1, -0.05) is 24.3 Å². The van der Waals surface area contributed by atoms with Crippen molar-refractivity contribution in [3.63, 3.8) is 0 Å². The lowest BCUT2D eigenvalue weighted by Crippen LogP contribution is -2.39. The molecule has 112 valence electrons. The summed E-state index contributed by atoms with van der Waals surface area (Å²) in [7, 11) is 2.26. The molecule has 0 aliphatic carbocycles. The summed E-state index contributed by atoms with van der Waals surface area (Å²) >= 11 is 1.87. The molecule has 0 spiro atoms. The van der Waals surface area contributed by atoms with E-state index in [0.717, 1.165) is 19.5 Å². The van der Waals surface area contributed by atoms with Gasteiger partial charge in [0.05, 0.1) is 0 Å². The maximum atomic E-state index is 3.58. The molecule has 3 rings (SSSR count). The number of hydrogen-bond acceptors (Lipinski definition) is 3. The van der Waals surface area contributed by atoms with Crippen LogP contribution in [0.5, 0.6) is 0 Å². The van der Waals surface area contributed by atoms with Gasteiger partial charge in [0.15, 0.2) is 0 Å². The summed E-state index contributed by atoms with van der Waals surface area (Å²) in [4.78, 5) is 4.00. The average Bonchev–Trinajstić information content (AvgIpc) is 3.00. The van der Waals surface area contributed by atoms with E-state index < -0.39 is 0 Å². The van der Waals surface area contributed by atoms with Crippen LogP contribution in [-0.2, 0) is 12.8 Å². The molecule has 0 fully saturated rings. The van der Waals surface area contributed by atoms with Crippen LogP contribution in [0.25, 0.3) is 0 Å². The molecule has 1 aromatic heterocycles. The van der Waals surface area contributed by atoms with E-state index in [1.165, 1.54) is 22.5 Å². The first-order chi connectivity index (χ1) is 10.2. The Balaban J connectivity index is 1.54. The van der Waals surface area contributed by atoms with Gasteiger partial charge in [0.2, 0.25) is 0 Å². The fraction of sp³-hybridized carbons (Fsp3) is 0.444. The second kappa shape index (κ2) is 6.63. The van der Waals surface area contributed by atoms with Crippen molar-refractivity contribution in [1.29, 1.82) is 0 Å². The first-order valence-corrected chi connectivity index (χ1v) is 8.64. The molecule has 2 unspecified atom stereocenters. The van der Waals surface area contributed by atoms with Crippen LogP contribution in [-0.4, -0.2) is 31.1 Å². The Hall–Kier alpha value is -1.32. The summed E-state index contributed by atoms with van der Waals surface area (Å²) in [6.45, 7) is 4.59. The van der Waals surface area contributed by atoms with Crippen molar-refractivity contribution < 1.29 is 0 Å². The Morgan fingerprint density at radius 3 is 2.95 bits per heavy atom. The van der Waals surface area contributed by atoms with Crippen LogP contribution in [0.4, 0.5) is 5.69 Å².